The quantitative estimate of drug-likeness (QED) is 0.0435. The number of amides is 5. The van der Waals surface area contributed by atoms with Crippen molar-refractivity contribution in [2.45, 2.75) is 260 Å². The van der Waals surface area contributed by atoms with Crippen LogP contribution in [0.1, 0.15) is 274 Å². The molecule has 14 heterocycles. The molecular weight excluding hydrogens is 2070 g/mol. The van der Waals surface area contributed by atoms with Gasteiger partial charge in [0, 0.05) is 239 Å². The summed E-state index contributed by atoms with van der Waals surface area (Å²) in [6.07, 6.45) is 19.4. The number of carbonyl (C=O) groups excluding carboxylic acids is 4. The molecule has 5 aliphatic heterocycles. The molecule has 5 saturated heterocycles. The van der Waals surface area contributed by atoms with Gasteiger partial charge in [-0.2, -0.15) is 0 Å². The summed E-state index contributed by atoms with van der Waals surface area (Å²) < 4.78 is 25.7. The fourth-order valence-electron chi connectivity index (χ4n) is 15.6. The number of hydrogen-bond donors (Lipinski definition) is 6. The maximum absolute atomic E-state index is 12.6. The minimum atomic E-state index is -2.04. The van der Waals surface area contributed by atoms with E-state index < -0.39 is 14.3 Å². The number of piperidine rings is 1. The van der Waals surface area contributed by atoms with Crippen LogP contribution in [0.15, 0.2) is 144 Å². The first-order chi connectivity index (χ1) is 70.1. The molecule has 17 rings (SSSR count). The molecule has 6 N–H and O–H groups in total. The van der Waals surface area contributed by atoms with Crippen LogP contribution >= 0.6 is 105 Å². The van der Waals surface area contributed by atoms with Crippen molar-refractivity contribution < 1.29 is 28.3 Å². The molecule has 38 heteroatoms. The lowest BCUT2D eigenvalue weighted by atomic mass is 9.93. The highest BCUT2D eigenvalue weighted by molar-refractivity contribution is 7.62. The van der Waals surface area contributed by atoms with Gasteiger partial charge in [-0.3, -0.25) is 39.4 Å². The van der Waals surface area contributed by atoms with Gasteiger partial charge >= 0.3 is 6.03 Å². The van der Waals surface area contributed by atoms with Crippen LogP contribution in [0.3, 0.4) is 0 Å². The van der Waals surface area contributed by atoms with Crippen molar-refractivity contribution in [1.82, 2.24) is 95.2 Å². The molecule has 12 aromatic rings. The Bertz CT molecular complexity index is 6280. The predicted molar refractivity (Wildman–Crippen MR) is 638 cm³/mol. The lowest BCUT2D eigenvalue weighted by Gasteiger charge is -2.34. The summed E-state index contributed by atoms with van der Waals surface area (Å²) in [5.41, 5.74) is 8.63. The number of rotatable bonds is 18. The second-order valence-corrected chi connectivity index (χ2v) is 62.5. The van der Waals surface area contributed by atoms with Crippen LogP contribution in [0, 0.1) is 0 Å². The minimum absolute atomic E-state index is 0.0223. The highest BCUT2D eigenvalue weighted by Crippen LogP contribution is 2.43. The van der Waals surface area contributed by atoms with Gasteiger partial charge in [-0.25, -0.2) is 49.7 Å². The molecule has 0 bridgehead atoms. The van der Waals surface area contributed by atoms with E-state index >= 15 is 0 Å². The smallest absolute Gasteiger partial charge is 0.323 e. The van der Waals surface area contributed by atoms with Crippen molar-refractivity contribution in [3.05, 3.63) is 212 Å². The summed E-state index contributed by atoms with van der Waals surface area (Å²) in [7, 11) is 0.129. The van der Waals surface area contributed by atoms with E-state index in [1.165, 1.54) is 67.3 Å². The van der Waals surface area contributed by atoms with Crippen molar-refractivity contribution in [1.29, 1.82) is 0 Å². The van der Waals surface area contributed by atoms with Gasteiger partial charge in [0.15, 0.2) is 20.4 Å². The highest BCUT2D eigenvalue weighted by atomic mass is 32.1. The lowest BCUT2D eigenvalue weighted by molar-refractivity contribution is 0.0583. The van der Waals surface area contributed by atoms with E-state index in [9.17, 15) is 28.3 Å². The molecule has 3 aromatic carbocycles. The third-order valence-electron chi connectivity index (χ3n) is 24.7. The van der Waals surface area contributed by atoms with Gasteiger partial charge in [0.1, 0.15) is 22.2 Å². The number of carbonyl (C=O) groups is 4. The topological polar surface area (TPSA) is 315 Å². The number of urea groups is 1. The van der Waals surface area contributed by atoms with Gasteiger partial charge in [0.05, 0.1) is 47.5 Å². The molecule has 5 amide bonds. The number of hydrogen-bond acceptors (Lipinski definition) is 30. The molecule has 1 atom stereocenters. The average molecular weight is 2240 g/mol. The van der Waals surface area contributed by atoms with Crippen LogP contribution in [0.2, 0.25) is 0 Å². The number of anilines is 3. The van der Waals surface area contributed by atoms with E-state index in [-0.39, 0.29) is 73.2 Å². The van der Waals surface area contributed by atoms with E-state index in [0.29, 0.717) is 33.0 Å². The Morgan fingerprint density at radius 3 is 1.56 bits per heavy atom. The fraction of sp³-hybridized carbons (Fsp3) is 0.562. The Morgan fingerprint density at radius 2 is 1.02 bits per heavy atom. The normalized spacial score (nSPS) is 15.8. The summed E-state index contributed by atoms with van der Waals surface area (Å²) in [5.74, 6) is 1.03. The van der Waals surface area contributed by atoms with E-state index in [2.05, 4.69) is 276 Å². The Kier molecular flexibility index (Phi) is 45.1. The highest BCUT2D eigenvalue weighted by Gasteiger charge is 2.35. The molecule has 0 aliphatic carbocycles. The first-order valence-corrected chi connectivity index (χ1v) is 64.4. The van der Waals surface area contributed by atoms with Gasteiger partial charge in [-0.1, -0.05) is 215 Å². The number of nitrogens with zero attached hydrogens (tertiary/aromatic N) is 16. The van der Waals surface area contributed by atoms with Crippen molar-refractivity contribution in [2.24, 2.45) is 0 Å². The van der Waals surface area contributed by atoms with Crippen molar-refractivity contribution >= 4 is 144 Å². The zero-order valence-corrected chi connectivity index (χ0v) is 103. The van der Waals surface area contributed by atoms with Gasteiger partial charge in [-0.05, 0) is 137 Å². The Labute approximate surface area is 926 Å². The Hall–Kier alpha value is -8.39. The van der Waals surface area contributed by atoms with Crippen molar-refractivity contribution in [2.75, 3.05) is 167 Å². The first-order valence-electron chi connectivity index (χ1n) is 52.1. The lowest BCUT2D eigenvalue weighted by Crippen LogP contribution is -2.48. The predicted octanol–water partition coefficient (Wildman–Crippen LogP) is 24.6. The summed E-state index contributed by atoms with van der Waals surface area (Å²) in [5, 5.41) is 35.2. The zero-order valence-electron chi connectivity index (χ0n) is 94.5. The van der Waals surface area contributed by atoms with Gasteiger partial charge in [-0.15, -0.1) is 90.7 Å². The third-order valence-corrected chi connectivity index (χ3v) is 37.4. The third kappa shape index (κ3) is 40.1. The van der Waals surface area contributed by atoms with E-state index in [4.69, 9.17) is 9.97 Å². The van der Waals surface area contributed by atoms with Crippen LogP contribution in [0.4, 0.5) is 20.2 Å². The minimum Gasteiger partial charge on any atom is -0.346 e. The number of aromatic nitrogens is 10. The molecule has 0 spiro atoms. The molecule has 5 fully saturated rings. The number of nitrogens with one attached hydrogen (secondary N) is 6. The number of benzene rings is 3. The van der Waals surface area contributed by atoms with Crippen LogP contribution in [0.5, 0.6) is 0 Å². The zero-order chi connectivity index (χ0) is 110. The second kappa shape index (κ2) is 54.8. The maximum atomic E-state index is 12.6. The van der Waals surface area contributed by atoms with Gasteiger partial charge in [0.25, 0.3) is 17.7 Å². The van der Waals surface area contributed by atoms with Crippen molar-refractivity contribution in [3.63, 3.8) is 0 Å². The fourth-order valence-corrected chi connectivity index (χ4v) is 24.8. The summed E-state index contributed by atoms with van der Waals surface area (Å²) in [6, 6.07) is 25.8. The molecule has 9 aromatic heterocycles. The molecule has 0 saturated carbocycles. The molecule has 1 unspecified atom stereocenters. The summed E-state index contributed by atoms with van der Waals surface area (Å²) in [4.78, 5) is 107. The van der Waals surface area contributed by atoms with Crippen LogP contribution < -0.4 is 36.8 Å². The SMILES string of the molecule is CC(C)(C)c1cnc(-c2cccc(CP(C)(C)=O)c2)s1.CC(C)(C)c1cnc(N2CCN(CCP(C)(C)=O)CC2)s1.CC(C)(C)c1cnc(NC(=O)c2ccccc2)s1.CC(C)(C)c1csc(NC(=O)N2CCNCC2)n1.CC(C)(C)c1nc(-c2cccc(C(=O)N3CCNCC3)c2)cs1.CC(C)(C)c1nc(-n2ccnc2)cs1.CC(C)(C)c1nc(CNC2CCNCC2)cs1.CN(C)C1CCCN1C(=O)c1ncc(C(C)(C)C)s1. The number of imidazole rings is 1. The molecule has 5 aliphatic rings. The van der Waals surface area contributed by atoms with E-state index in [0.717, 1.165) is 200 Å². The molecular formula is C112H168N22O6P2S8. The van der Waals surface area contributed by atoms with Crippen LogP contribution in [-0.2, 0) is 65.2 Å². The standard InChI is InChI=1S/C18H23N3OS.C16H22NOPS.C15H28N3OPS.C14H23N3OS.C14H16N2OS.C13H23N3S.C12H20N4OS.C10H13N3S/c1-18(2,3)17-20-15(12-23-17)13-5-4-6-14(11-13)16(22)21-9-7-19-8-10-21;1-16(2,3)14-10-17-15(20-14)13-8-6-7-12(9-13)11-19(4,5)18;1-15(2,3)13-12-16-14(21-13)18-8-6-17(7-9-18)10-11-20(4,5)19;1-14(2,3)10-9-15-12(19-10)13(18)17-8-6-7-11(17)16(4)5;1-14(2,3)11-9-15-13(18-11)16-12(17)10-7-5-4-6-8-10;1-13(2,3)12-16-11(9-17-12)8-15-10-4-6-14-7-5-10;1-12(2,3)9-8-18-10(14-9)15-11(17)16-6-4-13-5-7-16;1-10(2,3)9-12-8(6-14-9)13-5-4-11-7-13/h4-6,11-12,19H,7-10H2,1-3H3;6-10H,11H2,1-5H3;12H,6-11H2,1-5H3;9,11H,6-8H2,1-5H3;4-9H,1-3H3,(H,15,16,17);9-10,14-15H,4-8H2,1-3H3;8,13H,4-7H2,1-3H3,(H,14,15,17);4-7H,1-3H3. The maximum Gasteiger partial charge on any atom is 0.323 e. The monoisotopic (exact) mass is 2240 g/mol. The molecule has 150 heavy (non-hydrogen) atoms. The Balaban J connectivity index is 0.000000176. The number of likely N-dealkylation sites (tertiary alicyclic amines) is 1. The molecule has 28 nitrogen and oxygen atoms in total. The number of thiazole rings is 8. The van der Waals surface area contributed by atoms with Crippen LogP contribution in [-0.4, -0.2) is 262 Å². The van der Waals surface area contributed by atoms with Gasteiger partial charge < -0.3 is 50.0 Å². The largest absolute Gasteiger partial charge is 0.346 e. The molecule has 0 radical (unpaired) electrons. The second-order valence-electron chi connectivity index (χ2n) is 48.0. The average Bonchev–Trinajstić information content (AvgIpc) is 1.65. The van der Waals surface area contributed by atoms with Gasteiger partial charge in [0.2, 0.25) is 0 Å². The number of piperazine rings is 3. The first kappa shape index (κ1) is 123. The summed E-state index contributed by atoms with van der Waals surface area (Å²) >= 11 is 13.2. The Morgan fingerprint density at radius 1 is 0.473 bits per heavy atom. The molecule has 820 valence electrons. The van der Waals surface area contributed by atoms with E-state index in [1.54, 1.807) is 70.0 Å². The van der Waals surface area contributed by atoms with E-state index in [1.807, 2.05) is 162 Å². The van der Waals surface area contributed by atoms with Crippen LogP contribution in [0.25, 0.3) is 27.6 Å². The summed E-state index contributed by atoms with van der Waals surface area (Å²) in [6.45, 7) is 75.2. The van der Waals surface area contributed by atoms with Crippen molar-refractivity contribution in [3.8, 4) is 27.6 Å².